The first-order valence-corrected chi connectivity index (χ1v) is 31.2. The summed E-state index contributed by atoms with van der Waals surface area (Å²) in [5.74, 6) is 1.83. The van der Waals surface area contributed by atoms with Crippen molar-refractivity contribution in [3.63, 3.8) is 0 Å². The summed E-state index contributed by atoms with van der Waals surface area (Å²) in [6.45, 7) is 15.8. The molecule has 432 valence electrons. The molecule has 6 nitrogen and oxygen atoms in total. The molecule has 0 unspecified atom stereocenters. The summed E-state index contributed by atoms with van der Waals surface area (Å²) < 4.78 is 12.8. The summed E-state index contributed by atoms with van der Waals surface area (Å²) in [5, 5.41) is 0. The van der Waals surface area contributed by atoms with E-state index in [1.165, 1.54) is 11.1 Å². The Balaban J connectivity index is 0.968. The first-order chi connectivity index (χ1) is 42.8. The molecule has 0 N–H and O–H groups in total. The van der Waals surface area contributed by atoms with Crippen LogP contribution in [0.4, 0.5) is 34.3 Å². The number of anilines is 6. The van der Waals surface area contributed by atoms with Gasteiger partial charge in [-0.05, 0) is 70.3 Å². The molecule has 1 aliphatic heterocycles. The normalized spacial score (nSPS) is 12.3. The Bertz CT molecular complexity index is 4760. The number of hydrogen-bond donors (Lipinski definition) is 0. The van der Waals surface area contributed by atoms with Crippen LogP contribution in [0.15, 0.2) is 267 Å². The third kappa shape index (κ3) is 10.3. The van der Waals surface area contributed by atoms with Gasteiger partial charge in [-0.1, -0.05) is 120 Å². The molecule has 0 bridgehead atoms. The van der Waals surface area contributed by atoms with Crippen molar-refractivity contribution in [2.45, 2.75) is 59.3 Å². The maximum atomic E-state index is 7.15. The van der Waals surface area contributed by atoms with Crippen LogP contribution >= 0.6 is 0 Å². The van der Waals surface area contributed by atoms with Gasteiger partial charge in [-0.25, -0.2) is 0 Å². The third-order valence-electron chi connectivity index (χ3n) is 16.8. The zero-order chi connectivity index (χ0) is 60.3. The molecule has 0 amide bonds. The second kappa shape index (κ2) is 22.8. The predicted octanol–water partition coefficient (Wildman–Crippen LogP) is 21.8. The molecule has 1 aliphatic rings. The molecule has 3 heterocycles. The van der Waals surface area contributed by atoms with Gasteiger partial charge in [0.2, 0.25) is 0 Å². The van der Waals surface area contributed by atoms with Crippen LogP contribution in [0, 0.1) is 22.9 Å². The summed E-state index contributed by atoms with van der Waals surface area (Å²) in [7, 11) is 0. The molecule has 0 saturated carbocycles. The first kappa shape index (κ1) is 56.0. The molecule has 0 saturated heterocycles. The molecule has 0 radical (unpaired) electrons. The fourth-order valence-corrected chi connectivity index (χ4v) is 13.4. The molecule has 0 fully saturated rings. The van der Waals surface area contributed by atoms with Crippen LogP contribution in [0.3, 0.4) is 0 Å². The summed E-state index contributed by atoms with van der Waals surface area (Å²) in [4.78, 5) is 10.2. The van der Waals surface area contributed by atoms with Crippen molar-refractivity contribution in [1.29, 1.82) is 0 Å². The van der Waals surface area contributed by atoms with E-state index >= 15 is 0 Å². The smallest absolute Gasteiger partial charge is 0.0579 e. The van der Waals surface area contributed by atoms with Crippen molar-refractivity contribution in [3.8, 4) is 78.5 Å². The molecule has 2 aromatic heterocycles. The summed E-state index contributed by atoms with van der Waals surface area (Å²) in [6, 6.07) is 101. The second-order valence-corrected chi connectivity index (χ2v) is 25.6. The van der Waals surface area contributed by atoms with Crippen LogP contribution in [0.1, 0.15) is 58.2 Å². The maximum absolute atomic E-state index is 7.15. The number of aryl methyl sites for hydroxylation is 1. The van der Waals surface area contributed by atoms with Crippen molar-refractivity contribution >= 4 is 45.3 Å². The van der Waals surface area contributed by atoms with Gasteiger partial charge in [0, 0.05) is 23.0 Å². The van der Waals surface area contributed by atoms with Gasteiger partial charge >= 0.3 is 306 Å². The fraction of sp³-hybridized carbons (Fsp3) is 0.111. The molecule has 14 rings (SSSR count). The van der Waals surface area contributed by atoms with Crippen molar-refractivity contribution in [2.75, 3.05) is 9.80 Å². The minimum absolute atomic E-state index is 0.0328. The molecule has 11 aromatic carbocycles. The van der Waals surface area contributed by atoms with Gasteiger partial charge in [-0.2, -0.15) is 0 Å². The van der Waals surface area contributed by atoms with Gasteiger partial charge in [-0.3, -0.25) is 0 Å². The Morgan fingerprint density at radius 3 is 1.53 bits per heavy atom. The van der Waals surface area contributed by atoms with E-state index in [4.69, 9.17) is 9.72 Å². The second-order valence-electron chi connectivity index (χ2n) is 24.6. The Labute approximate surface area is 527 Å². The quantitative estimate of drug-likeness (QED) is 0.135. The summed E-state index contributed by atoms with van der Waals surface area (Å²) in [6.07, 6.45) is 2.04. The minimum Gasteiger partial charge on any atom is -0.0579 e. The van der Waals surface area contributed by atoms with E-state index in [1.807, 2.05) is 18.3 Å². The van der Waals surface area contributed by atoms with Crippen LogP contribution in [-0.2, 0) is 30.2 Å². The zero-order valence-corrected chi connectivity index (χ0v) is 52.6. The van der Waals surface area contributed by atoms with Crippen molar-refractivity contribution in [3.05, 3.63) is 300 Å². The number of nitrogens with zero attached hydrogens (tertiary/aromatic N) is 5. The van der Waals surface area contributed by atoms with Gasteiger partial charge < -0.3 is 4.90 Å². The number of aromatic nitrogens is 3. The Morgan fingerprint density at radius 1 is 0.398 bits per heavy atom. The Hall–Kier alpha value is -9.87. The van der Waals surface area contributed by atoms with Crippen molar-refractivity contribution in [1.82, 2.24) is 14.1 Å². The number of pyridine rings is 1. The van der Waals surface area contributed by atoms with Gasteiger partial charge in [-0.15, -0.1) is 0 Å². The Morgan fingerprint density at radius 2 is 0.909 bits per heavy atom. The van der Waals surface area contributed by atoms with E-state index in [-0.39, 0.29) is 10.8 Å². The number of hydrogen-bond acceptors (Lipinski definition) is 4. The molecule has 13 aromatic rings. The Kier molecular flexibility index (Phi) is 14.5. The zero-order valence-electron chi connectivity index (χ0n) is 50.4. The first-order valence-electron chi connectivity index (χ1n) is 30.0. The number of rotatable bonds is 9. The third-order valence-corrected chi connectivity index (χ3v) is 17.9. The number of para-hydroxylation sites is 6. The molecule has 0 atom stereocenters. The average molecular weight is 1320 g/mol. The molecular weight excluding hydrogens is 1250 g/mol. The van der Waals surface area contributed by atoms with Crippen molar-refractivity contribution in [2.24, 2.45) is 0 Å². The van der Waals surface area contributed by atoms with Gasteiger partial charge in [0.05, 0.1) is 5.69 Å². The SMILES string of the molecule is Cc1cc(N2c3[c-]c(Oc4[c-]c(-n5[c](=[Pt])n(-c6c(-c7ccccc7)cccc6-c6ccccc6)c6ccccc65)ccc4)ccc3-c3ccccc3N(c3ccccc3)c3ccccc3-c3cc(C(C)(C)C)ccc32)ncc1-c1ccc(C(C)(C)C)cc1. The molecule has 0 aliphatic carbocycles. The predicted molar refractivity (Wildman–Crippen MR) is 360 cm³/mol. The van der Waals surface area contributed by atoms with Gasteiger partial charge in [0.1, 0.15) is 0 Å². The molecule has 88 heavy (non-hydrogen) atoms. The van der Waals surface area contributed by atoms with Crippen LogP contribution < -0.4 is 14.5 Å². The molecular formula is C81H65N5OPt-2. The van der Waals surface area contributed by atoms with E-state index in [9.17, 15) is 0 Å². The van der Waals surface area contributed by atoms with Crippen LogP contribution in [0.2, 0.25) is 0 Å². The molecule has 7 heteroatoms. The number of ether oxygens (including phenoxy) is 1. The van der Waals surface area contributed by atoms with E-state index < -0.39 is 0 Å². The minimum atomic E-state index is -0.159. The van der Waals surface area contributed by atoms with Crippen LogP contribution in [-0.4, -0.2) is 14.1 Å². The van der Waals surface area contributed by atoms with E-state index in [2.05, 4.69) is 348 Å². The van der Waals surface area contributed by atoms with Crippen molar-refractivity contribution < 1.29 is 24.1 Å². The van der Waals surface area contributed by atoms with E-state index in [0.29, 0.717) is 11.5 Å². The summed E-state index contributed by atoms with van der Waals surface area (Å²) >= 11 is 2.50. The van der Waals surface area contributed by atoms with E-state index in [0.717, 1.165) is 122 Å². The topological polar surface area (TPSA) is 38.5 Å². The fourth-order valence-electron chi connectivity index (χ4n) is 12.4. The monoisotopic (exact) mass is 1320 g/mol. The number of imidazole rings is 1. The standard InChI is InChI=1S/C81H65N5O.Pt/c1-55-49-78(82-53-71(55)58-41-43-59(44-42-58)80(2,3)4)86-74-48-45-60(81(5,6)7)50-70(74)68-34-18-20-38-73(68)85(61-29-15-10-16-30-61)72-37-19-17-33-67(72)69-47-46-64(52-77(69)86)87-63-32-23-31-62(51-63)83-54-84(76-40-22-21-39-75(76)83)79-65(56-25-11-8-12-26-56)35-24-36-66(79)57-27-13-9-14-28-57;/h8-50,53H,1-7H3;/q-2;. The van der Waals surface area contributed by atoms with Crippen LogP contribution in [0.25, 0.3) is 78.0 Å². The van der Waals surface area contributed by atoms with Gasteiger partial charge in [0.15, 0.2) is 0 Å². The number of fused-ring (bicyclic) bond motifs is 7. The van der Waals surface area contributed by atoms with Gasteiger partial charge in [0.25, 0.3) is 0 Å². The van der Waals surface area contributed by atoms with Crippen LogP contribution in [0.5, 0.6) is 11.5 Å². The molecule has 0 spiro atoms. The summed E-state index contributed by atoms with van der Waals surface area (Å²) in [5.41, 5.74) is 23.2. The number of benzene rings is 11. The van der Waals surface area contributed by atoms with E-state index in [1.54, 1.807) is 0 Å². The average Bonchev–Trinajstić information content (AvgIpc) is 1.41.